The summed E-state index contributed by atoms with van der Waals surface area (Å²) in [4.78, 5) is 46.9. The first-order valence-corrected chi connectivity index (χ1v) is 8.12. The summed E-state index contributed by atoms with van der Waals surface area (Å²) in [5.74, 6) is -2.24. The number of amides is 2. The number of hydrogen-bond acceptors (Lipinski definition) is 5. The number of rotatable bonds is 9. The Hall–Kier alpha value is -2.77. The fraction of sp³-hybridized carbons (Fsp3) is 0.444. The molecule has 0 aliphatic carbocycles. The van der Waals surface area contributed by atoms with E-state index >= 15 is 0 Å². The lowest BCUT2D eigenvalue weighted by atomic mass is 10.0. The van der Waals surface area contributed by atoms with Crippen molar-refractivity contribution in [3.05, 3.63) is 35.6 Å². The molecule has 0 heterocycles. The van der Waals surface area contributed by atoms with Gasteiger partial charge in [0.25, 0.3) is 0 Å². The molecular weight excluding hydrogens is 343 g/mol. The van der Waals surface area contributed by atoms with Gasteiger partial charge in [0, 0.05) is 19.8 Å². The molecule has 1 rings (SSSR count). The number of ether oxygens (including phenoxy) is 1. The molecule has 0 unspecified atom stereocenters. The minimum atomic E-state index is -0.999. The van der Waals surface area contributed by atoms with E-state index in [4.69, 9.17) is 0 Å². The molecule has 0 bridgehead atoms. The van der Waals surface area contributed by atoms with E-state index in [1.807, 2.05) is 0 Å². The summed E-state index contributed by atoms with van der Waals surface area (Å²) in [7, 11) is 1.18. The van der Waals surface area contributed by atoms with Gasteiger partial charge in [-0.15, -0.1) is 0 Å². The maximum absolute atomic E-state index is 13.0. The number of carbonyl (C=O) groups excluding carboxylic acids is 4. The summed E-state index contributed by atoms with van der Waals surface area (Å²) in [6.45, 7) is 2.64. The molecule has 2 amide bonds. The predicted octanol–water partition coefficient (Wildman–Crippen LogP) is 0.900. The van der Waals surface area contributed by atoms with Crippen LogP contribution in [0.4, 0.5) is 4.39 Å². The van der Waals surface area contributed by atoms with Crippen molar-refractivity contribution >= 4 is 23.6 Å². The first kappa shape index (κ1) is 21.3. The molecule has 0 radical (unpaired) electrons. The van der Waals surface area contributed by atoms with Gasteiger partial charge in [0.2, 0.25) is 11.8 Å². The first-order chi connectivity index (χ1) is 12.2. The Morgan fingerprint density at radius 3 is 2.15 bits per heavy atom. The third-order valence-corrected chi connectivity index (χ3v) is 3.63. The van der Waals surface area contributed by atoms with Gasteiger partial charge in [-0.3, -0.25) is 9.59 Å². The van der Waals surface area contributed by atoms with Gasteiger partial charge in [-0.05, 0) is 31.0 Å². The molecule has 142 valence electrons. The van der Waals surface area contributed by atoms with Gasteiger partial charge >= 0.3 is 5.97 Å². The van der Waals surface area contributed by atoms with Gasteiger partial charge in [0.15, 0.2) is 0 Å². The van der Waals surface area contributed by atoms with Crippen molar-refractivity contribution in [2.45, 2.75) is 45.2 Å². The first-order valence-electron chi connectivity index (χ1n) is 8.12. The van der Waals surface area contributed by atoms with E-state index < -0.39 is 35.7 Å². The Bertz CT molecular complexity index is 660. The minimum Gasteiger partial charge on any atom is -0.467 e. The topological polar surface area (TPSA) is 102 Å². The zero-order chi connectivity index (χ0) is 19.7. The molecule has 0 spiro atoms. The molecule has 2 N–H and O–H groups in total. The molecule has 7 nitrogen and oxygen atoms in total. The Balaban J connectivity index is 2.87. The molecular formula is C18H23FN2O5. The van der Waals surface area contributed by atoms with E-state index in [1.54, 1.807) is 0 Å². The molecule has 0 saturated heterocycles. The molecule has 8 heteroatoms. The van der Waals surface area contributed by atoms with Crippen molar-refractivity contribution in [3.8, 4) is 0 Å². The van der Waals surface area contributed by atoms with Crippen molar-refractivity contribution in [1.82, 2.24) is 10.6 Å². The largest absolute Gasteiger partial charge is 0.467 e. The second kappa shape index (κ2) is 10.3. The molecule has 0 fully saturated rings. The average Bonchev–Trinajstić information content (AvgIpc) is 2.58. The Morgan fingerprint density at radius 2 is 1.65 bits per heavy atom. The number of benzene rings is 1. The molecule has 0 aliphatic rings. The van der Waals surface area contributed by atoms with Gasteiger partial charge in [-0.25, -0.2) is 9.18 Å². The lowest BCUT2D eigenvalue weighted by Crippen LogP contribution is -2.52. The van der Waals surface area contributed by atoms with Crippen LogP contribution in [0.2, 0.25) is 0 Å². The molecule has 0 saturated carbocycles. The number of Topliss-reactive ketones (excluding diaryl/α,β-unsaturated/α-hetero) is 1. The highest BCUT2D eigenvalue weighted by atomic mass is 19.1. The summed E-state index contributed by atoms with van der Waals surface area (Å²) in [6, 6.07) is 3.56. The lowest BCUT2D eigenvalue weighted by molar-refractivity contribution is -0.145. The Labute approximate surface area is 151 Å². The van der Waals surface area contributed by atoms with E-state index in [-0.39, 0.29) is 25.0 Å². The normalized spacial score (nSPS) is 12.6. The number of carbonyl (C=O) groups is 4. The zero-order valence-electron chi connectivity index (χ0n) is 15.0. The van der Waals surface area contributed by atoms with Crippen LogP contribution in [0, 0.1) is 5.82 Å². The third-order valence-electron chi connectivity index (χ3n) is 3.63. The van der Waals surface area contributed by atoms with Crippen LogP contribution in [-0.2, 0) is 30.3 Å². The van der Waals surface area contributed by atoms with Crippen molar-refractivity contribution in [3.63, 3.8) is 0 Å². The smallest absolute Gasteiger partial charge is 0.328 e. The Kier molecular flexibility index (Phi) is 8.41. The molecule has 1 aromatic rings. The second-order valence-corrected chi connectivity index (χ2v) is 5.91. The van der Waals surface area contributed by atoms with Crippen LogP contribution in [0.1, 0.15) is 32.3 Å². The molecule has 0 aromatic heterocycles. The fourth-order valence-electron chi connectivity index (χ4n) is 2.32. The highest BCUT2D eigenvalue weighted by Crippen LogP contribution is 2.08. The minimum absolute atomic E-state index is 0.0943. The van der Waals surface area contributed by atoms with Gasteiger partial charge in [-0.1, -0.05) is 12.1 Å². The lowest BCUT2D eigenvalue weighted by Gasteiger charge is -2.22. The fourth-order valence-corrected chi connectivity index (χ4v) is 2.32. The van der Waals surface area contributed by atoms with Gasteiger partial charge < -0.3 is 20.2 Å². The summed E-state index contributed by atoms with van der Waals surface area (Å²) < 4.78 is 17.7. The number of nitrogens with one attached hydrogen (secondary N) is 2. The van der Waals surface area contributed by atoms with Crippen molar-refractivity contribution < 1.29 is 28.3 Å². The maximum Gasteiger partial charge on any atom is 0.328 e. The number of esters is 1. The van der Waals surface area contributed by atoms with E-state index in [9.17, 15) is 23.6 Å². The molecule has 1 aromatic carbocycles. The second-order valence-electron chi connectivity index (χ2n) is 5.91. The predicted molar refractivity (Wildman–Crippen MR) is 91.6 cm³/mol. The number of methoxy groups -OCH3 is 1. The van der Waals surface area contributed by atoms with Crippen LogP contribution < -0.4 is 10.6 Å². The van der Waals surface area contributed by atoms with Crippen LogP contribution >= 0.6 is 0 Å². The average molecular weight is 366 g/mol. The zero-order valence-corrected chi connectivity index (χ0v) is 15.0. The monoisotopic (exact) mass is 366 g/mol. The van der Waals surface area contributed by atoms with E-state index in [2.05, 4.69) is 15.4 Å². The number of ketones is 1. The molecule has 0 aliphatic heterocycles. The standard InChI is InChI=1S/C18H23FN2O5/c1-11(22)4-9-15(18(25)26-3)21-17(24)16(20-12(2)23)10-13-5-7-14(19)8-6-13/h5-8,15-16H,4,9-10H2,1-3H3,(H,20,23)(H,21,24)/t15-,16-/m0/s1. The Morgan fingerprint density at radius 1 is 1.04 bits per heavy atom. The van der Waals surface area contributed by atoms with Crippen LogP contribution in [0.3, 0.4) is 0 Å². The quantitative estimate of drug-likeness (QED) is 0.633. The van der Waals surface area contributed by atoms with Crippen LogP contribution in [-0.4, -0.2) is 42.8 Å². The van der Waals surface area contributed by atoms with Crippen LogP contribution in [0.25, 0.3) is 0 Å². The van der Waals surface area contributed by atoms with Gasteiger partial charge in [0.05, 0.1) is 7.11 Å². The van der Waals surface area contributed by atoms with E-state index in [0.717, 1.165) is 0 Å². The summed E-state index contributed by atoms with van der Waals surface area (Å²) in [6.07, 6.45) is 0.312. The maximum atomic E-state index is 13.0. The van der Waals surface area contributed by atoms with E-state index in [0.29, 0.717) is 5.56 Å². The van der Waals surface area contributed by atoms with Crippen LogP contribution in [0.5, 0.6) is 0 Å². The number of hydrogen-bond donors (Lipinski definition) is 2. The number of halogens is 1. The summed E-state index contributed by atoms with van der Waals surface area (Å²) in [5, 5.41) is 5.01. The van der Waals surface area contributed by atoms with Crippen LogP contribution in [0.15, 0.2) is 24.3 Å². The third kappa shape index (κ3) is 7.42. The SMILES string of the molecule is COC(=O)[C@H](CCC(C)=O)NC(=O)[C@H](Cc1ccc(F)cc1)NC(C)=O. The molecule has 26 heavy (non-hydrogen) atoms. The van der Waals surface area contributed by atoms with Gasteiger partial charge in [0.1, 0.15) is 23.7 Å². The van der Waals surface area contributed by atoms with Crippen molar-refractivity contribution in [1.29, 1.82) is 0 Å². The van der Waals surface area contributed by atoms with Crippen molar-refractivity contribution in [2.24, 2.45) is 0 Å². The summed E-state index contributed by atoms with van der Waals surface area (Å²) in [5.41, 5.74) is 0.638. The summed E-state index contributed by atoms with van der Waals surface area (Å²) >= 11 is 0. The molecule has 2 atom stereocenters. The van der Waals surface area contributed by atoms with E-state index in [1.165, 1.54) is 45.2 Å². The van der Waals surface area contributed by atoms with Crippen molar-refractivity contribution in [2.75, 3.05) is 7.11 Å². The highest BCUT2D eigenvalue weighted by Gasteiger charge is 2.27. The highest BCUT2D eigenvalue weighted by molar-refractivity contribution is 5.90. The van der Waals surface area contributed by atoms with Gasteiger partial charge in [-0.2, -0.15) is 0 Å².